The van der Waals surface area contributed by atoms with Crippen LogP contribution in [0, 0.1) is 6.92 Å². The van der Waals surface area contributed by atoms with E-state index < -0.39 is 0 Å². The van der Waals surface area contributed by atoms with Crippen molar-refractivity contribution in [1.29, 1.82) is 0 Å². The second-order valence-corrected chi connectivity index (χ2v) is 6.29. The topological polar surface area (TPSA) is 99.8 Å². The van der Waals surface area contributed by atoms with E-state index in [4.69, 9.17) is 0 Å². The lowest BCUT2D eigenvalue weighted by Crippen LogP contribution is -2.27. The first-order valence-electron chi connectivity index (χ1n) is 7.72. The van der Waals surface area contributed by atoms with Crippen molar-refractivity contribution in [2.45, 2.75) is 13.3 Å². The summed E-state index contributed by atoms with van der Waals surface area (Å²) in [6, 6.07) is 7.27. The lowest BCUT2D eigenvalue weighted by atomic mass is 10.1. The van der Waals surface area contributed by atoms with Crippen LogP contribution >= 0.6 is 11.3 Å². The average molecular weight is 355 g/mol. The van der Waals surface area contributed by atoms with Crippen LogP contribution in [0.1, 0.15) is 21.8 Å². The highest BCUT2D eigenvalue weighted by Gasteiger charge is 2.15. The van der Waals surface area contributed by atoms with Gasteiger partial charge in [-0.1, -0.05) is 6.07 Å². The van der Waals surface area contributed by atoms with Crippen LogP contribution in [0.15, 0.2) is 42.0 Å². The Morgan fingerprint density at radius 3 is 2.76 bits per heavy atom. The van der Waals surface area contributed by atoms with Gasteiger partial charge in [0.15, 0.2) is 5.82 Å². The molecule has 3 aromatic heterocycles. The lowest BCUT2D eigenvalue weighted by molar-refractivity contribution is -0.116. The highest BCUT2D eigenvalue weighted by atomic mass is 32.1. The number of aryl methyl sites for hydroxylation is 1. The van der Waals surface area contributed by atoms with Crippen molar-refractivity contribution in [3.63, 3.8) is 0 Å². The van der Waals surface area contributed by atoms with Gasteiger partial charge < -0.3 is 10.6 Å². The summed E-state index contributed by atoms with van der Waals surface area (Å²) in [4.78, 5) is 28.6. The van der Waals surface area contributed by atoms with E-state index in [-0.39, 0.29) is 24.8 Å². The maximum Gasteiger partial charge on any atom is 0.261 e. The van der Waals surface area contributed by atoms with Crippen LogP contribution in [0.25, 0.3) is 11.1 Å². The fourth-order valence-electron chi connectivity index (χ4n) is 2.37. The molecule has 0 saturated heterocycles. The van der Waals surface area contributed by atoms with Gasteiger partial charge in [0.1, 0.15) is 0 Å². The SMILES string of the molecule is Cc1[nH]nc(NC(=O)CCNC(=O)c2cccs2)c1-c1ccncc1. The zero-order valence-corrected chi connectivity index (χ0v) is 14.4. The third-order valence-electron chi connectivity index (χ3n) is 3.56. The molecule has 3 heterocycles. The largest absolute Gasteiger partial charge is 0.351 e. The third-order valence-corrected chi connectivity index (χ3v) is 4.43. The molecule has 0 aliphatic heterocycles. The summed E-state index contributed by atoms with van der Waals surface area (Å²) < 4.78 is 0. The number of anilines is 1. The number of hydrogen-bond acceptors (Lipinski definition) is 5. The van der Waals surface area contributed by atoms with Crippen molar-refractivity contribution in [1.82, 2.24) is 20.5 Å². The van der Waals surface area contributed by atoms with Crippen molar-refractivity contribution in [2.75, 3.05) is 11.9 Å². The number of aromatic nitrogens is 3. The number of nitrogens with one attached hydrogen (secondary N) is 3. The highest BCUT2D eigenvalue weighted by molar-refractivity contribution is 7.12. The number of amides is 2. The first kappa shape index (κ1) is 16.8. The molecule has 0 fully saturated rings. The van der Waals surface area contributed by atoms with Gasteiger partial charge in [0.2, 0.25) is 5.91 Å². The summed E-state index contributed by atoms with van der Waals surface area (Å²) in [5.41, 5.74) is 2.61. The van der Waals surface area contributed by atoms with Gasteiger partial charge >= 0.3 is 0 Å². The first-order chi connectivity index (χ1) is 12.1. The molecule has 0 aliphatic rings. The quantitative estimate of drug-likeness (QED) is 0.633. The van der Waals surface area contributed by atoms with Gasteiger partial charge in [0.05, 0.1) is 4.88 Å². The number of thiophene rings is 1. The molecule has 8 heteroatoms. The minimum atomic E-state index is -0.215. The molecule has 7 nitrogen and oxygen atoms in total. The van der Waals surface area contributed by atoms with Crippen LogP contribution in [-0.2, 0) is 4.79 Å². The zero-order valence-electron chi connectivity index (χ0n) is 13.6. The van der Waals surface area contributed by atoms with Gasteiger partial charge in [-0.2, -0.15) is 5.10 Å². The molecule has 3 N–H and O–H groups in total. The Labute approximate surface area is 148 Å². The molecule has 0 spiro atoms. The van der Waals surface area contributed by atoms with E-state index in [0.29, 0.717) is 10.7 Å². The van der Waals surface area contributed by atoms with E-state index in [1.54, 1.807) is 18.5 Å². The predicted molar refractivity (Wildman–Crippen MR) is 96.5 cm³/mol. The van der Waals surface area contributed by atoms with Gasteiger partial charge in [-0.3, -0.25) is 19.7 Å². The summed E-state index contributed by atoms with van der Waals surface area (Å²) in [6.07, 6.45) is 3.54. The van der Waals surface area contributed by atoms with E-state index in [0.717, 1.165) is 16.8 Å². The molecule has 128 valence electrons. The van der Waals surface area contributed by atoms with E-state index in [1.807, 2.05) is 30.5 Å². The Kier molecular flexibility index (Phi) is 5.20. The summed E-state index contributed by atoms with van der Waals surface area (Å²) in [6.45, 7) is 2.15. The Morgan fingerprint density at radius 1 is 1.24 bits per heavy atom. The molecular formula is C17H17N5O2S. The number of nitrogens with zero attached hydrogens (tertiary/aromatic N) is 2. The summed E-state index contributed by atoms with van der Waals surface area (Å²) in [5, 5.41) is 14.4. The van der Waals surface area contributed by atoms with Crippen LogP contribution in [0.4, 0.5) is 5.82 Å². The molecule has 0 unspecified atom stereocenters. The smallest absolute Gasteiger partial charge is 0.261 e. The standard InChI is InChI=1S/C17H17N5O2S/c1-11-15(12-4-7-18-8-5-12)16(22-21-11)20-14(23)6-9-19-17(24)13-3-2-10-25-13/h2-5,7-8,10H,6,9H2,1H3,(H,19,24)(H2,20,21,22,23). The highest BCUT2D eigenvalue weighted by Crippen LogP contribution is 2.28. The second kappa shape index (κ2) is 7.71. The first-order valence-corrected chi connectivity index (χ1v) is 8.60. The van der Waals surface area contributed by atoms with Crippen LogP contribution in [0.3, 0.4) is 0 Å². The number of aromatic amines is 1. The molecule has 0 saturated carbocycles. The summed E-state index contributed by atoms with van der Waals surface area (Å²) >= 11 is 1.36. The molecular weight excluding hydrogens is 338 g/mol. The normalized spacial score (nSPS) is 10.4. The predicted octanol–water partition coefficient (Wildman–Crippen LogP) is 2.60. The Balaban J connectivity index is 1.58. The van der Waals surface area contributed by atoms with Gasteiger partial charge in [-0.05, 0) is 36.1 Å². The summed E-state index contributed by atoms with van der Waals surface area (Å²) in [5.74, 6) is 0.0856. The van der Waals surface area contributed by atoms with Crippen LogP contribution in [-0.4, -0.2) is 33.5 Å². The molecule has 0 atom stereocenters. The Morgan fingerprint density at radius 2 is 2.04 bits per heavy atom. The lowest BCUT2D eigenvalue weighted by Gasteiger charge is -2.07. The number of H-pyrrole nitrogens is 1. The Bertz CT molecular complexity index is 859. The molecule has 0 aliphatic carbocycles. The monoisotopic (exact) mass is 355 g/mol. The second-order valence-electron chi connectivity index (χ2n) is 5.34. The minimum Gasteiger partial charge on any atom is -0.351 e. The molecule has 0 bridgehead atoms. The van der Waals surface area contributed by atoms with Crippen LogP contribution in [0.5, 0.6) is 0 Å². The van der Waals surface area contributed by atoms with Crippen LogP contribution < -0.4 is 10.6 Å². The maximum atomic E-state index is 12.1. The molecule has 3 aromatic rings. The number of pyridine rings is 1. The van der Waals surface area contributed by atoms with Crippen molar-refractivity contribution >= 4 is 29.0 Å². The molecule has 0 aromatic carbocycles. The van der Waals surface area contributed by atoms with E-state index in [2.05, 4.69) is 25.8 Å². The van der Waals surface area contributed by atoms with Gasteiger partial charge in [-0.15, -0.1) is 11.3 Å². The molecule has 25 heavy (non-hydrogen) atoms. The number of rotatable bonds is 6. The minimum absolute atomic E-state index is 0.165. The number of carbonyl (C=O) groups is 2. The number of hydrogen-bond donors (Lipinski definition) is 3. The van der Waals surface area contributed by atoms with Crippen molar-refractivity contribution in [3.8, 4) is 11.1 Å². The average Bonchev–Trinajstić information content (AvgIpc) is 3.26. The summed E-state index contributed by atoms with van der Waals surface area (Å²) in [7, 11) is 0. The third kappa shape index (κ3) is 4.10. The molecule has 2 amide bonds. The van der Waals surface area contributed by atoms with Crippen LogP contribution in [0.2, 0.25) is 0 Å². The zero-order chi connectivity index (χ0) is 17.6. The maximum absolute atomic E-state index is 12.1. The Hall–Kier alpha value is -3.00. The number of carbonyl (C=O) groups excluding carboxylic acids is 2. The van der Waals surface area contributed by atoms with Gasteiger partial charge in [0.25, 0.3) is 5.91 Å². The van der Waals surface area contributed by atoms with E-state index in [9.17, 15) is 9.59 Å². The molecule has 3 rings (SSSR count). The van der Waals surface area contributed by atoms with E-state index >= 15 is 0 Å². The van der Waals surface area contributed by atoms with Crippen molar-refractivity contribution in [2.24, 2.45) is 0 Å². The van der Waals surface area contributed by atoms with E-state index in [1.165, 1.54) is 11.3 Å². The van der Waals surface area contributed by atoms with Gasteiger partial charge in [-0.25, -0.2) is 0 Å². The van der Waals surface area contributed by atoms with Gasteiger partial charge in [0, 0.05) is 36.6 Å². The fourth-order valence-corrected chi connectivity index (χ4v) is 3.01. The van der Waals surface area contributed by atoms with Crippen molar-refractivity contribution < 1.29 is 9.59 Å². The molecule has 0 radical (unpaired) electrons. The fraction of sp³-hybridized carbons (Fsp3) is 0.176. The van der Waals surface area contributed by atoms with Crippen molar-refractivity contribution in [3.05, 3.63) is 52.6 Å².